The van der Waals surface area contributed by atoms with Gasteiger partial charge in [0.15, 0.2) is 11.7 Å². The molecule has 1 unspecified atom stereocenters. The maximum atomic E-state index is 12.4. The number of carboxylic acids is 1. The Kier molecular flexibility index (Phi) is 4.47. The van der Waals surface area contributed by atoms with E-state index in [0.29, 0.717) is 0 Å². The van der Waals surface area contributed by atoms with Gasteiger partial charge in [-0.05, 0) is 22.3 Å². The van der Waals surface area contributed by atoms with E-state index in [9.17, 15) is 9.59 Å². The van der Waals surface area contributed by atoms with Crippen LogP contribution < -0.4 is 5.73 Å². The fourth-order valence-electron chi connectivity index (χ4n) is 3.32. The molecular weight excluding hydrogens is 364 g/mol. The predicted molar refractivity (Wildman–Crippen MR) is 101 cm³/mol. The lowest BCUT2D eigenvalue weighted by atomic mass is 9.98. The molecule has 0 spiro atoms. The maximum absolute atomic E-state index is 12.4. The van der Waals surface area contributed by atoms with Gasteiger partial charge in [-0.2, -0.15) is 0 Å². The molecule has 0 amide bonds. The van der Waals surface area contributed by atoms with Crippen molar-refractivity contribution in [2.24, 2.45) is 5.73 Å². The Hall–Kier alpha value is -3.03. The highest BCUT2D eigenvalue weighted by molar-refractivity contribution is 7.10. The van der Waals surface area contributed by atoms with Gasteiger partial charge in [-0.25, -0.2) is 14.6 Å². The number of aromatic nitrogens is 1. The molecule has 0 radical (unpaired) electrons. The van der Waals surface area contributed by atoms with Crippen LogP contribution in [0.2, 0.25) is 0 Å². The molecule has 0 aliphatic heterocycles. The highest BCUT2D eigenvalue weighted by Gasteiger charge is 2.30. The second-order valence-corrected chi connectivity index (χ2v) is 7.10. The molecular formula is C20H16N2O4S. The highest BCUT2D eigenvalue weighted by atomic mass is 32.1. The zero-order valence-electron chi connectivity index (χ0n) is 14.2. The third kappa shape index (κ3) is 3.11. The Morgan fingerprint density at radius 1 is 1.11 bits per heavy atom. The number of fused-ring (bicyclic) bond motifs is 3. The molecule has 1 atom stereocenters. The van der Waals surface area contributed by atoms with Crippen LogP contribution in [0.4, 0.5) is 0 Å². The maximum Gasteiger partial charge on any atom is 0.355 e. The van der Waals surface area contributed by atoms with Gasteiger partial charge in [-0.1, -0.05) is 48.5 Å². The van der Waals surface area contributed by atoms with Crippen LogP contribution in [0.15, 0.2) is 53.9 Å². The molecule has 0 fully saturated rings. The van der Waals surface area contributed by atoms with Crippen molar-refractivity contribution in [2.45, 2.75) is 12.0 Å². The minimum Gasteiger partial charge on any atom is -0.476 e. The predicted octanol–water partition coefficient (Wildman–Crippen LogP) is 3.20. The molecule has 3 N–H and O–H groups in total. The van der Waals surface area contributed by atoms with Crippen LogP contribution in [0.25, 0.3) is 11.1 Å². The van der Waals surface area contributed by atoms with Crippen LogP contribution in [-0.4, -0.2) is 28.6 Å². The van der Waals surface area contributed by atoms with Gasteiger partial charge in [-0.15, -0.1) is 11.3 Å². The van der Waals surface area contributed by atoms with E-state index in [2.05, 4.69) is 17.1 Å². The van der Waals surface area contributed by atoms with Crippen LogP contribution in [0.5, 0.6) is 0 Å². The third-order valence-corrected chi connectivity index (χ3v) is 5.54. The quantitative estimate of drug-likeness (QED) is 0.659. The molecule has 0 saturated heterocycles. The molecule has 4 rings (SSSR count). The fraction of sp³-hybridized carbons (Fsp3) is 0.150. The molecule has 27 heavy (non-hydrogen) atoms. The number of esters is 1. The van der Waals surface area contributed by atoms with E-state index in [0.717, 1.165) is 33.6 Å². The van der Waals surface area contributed by atoms with Gasteiger partial charge in [0.2, 0.25) is 0 Å². The average molecular weight is 380 g/mol. The summed E-state index contributed by atoms with van der Waals surface area (Å²) in [6.45, 7) is 0.164. The number of nitrogens with two attached hydrogens (primary N) is 1. The number of hydrogen-bond donors (Lipinski definition) is 2. The first-order valence-electron chi connectivity index (χ1n) is 8.35. The van der Waals surface area contributed by atoms with Gasteiger partial charge in [0.05, 0.1) is 0 Å². The van der Waals surface area contributed by atoms with Crippen LogP contribution in [0.1, 0.15) is 38.6 Å². The fourth-order valence-corrected chi connectivity index (χ4v) is 4.10. The summed E-state index contributed by atoms with van der Waals surface area (Å²) in [6.07, 6.45) is 0. The van der Waals surface area contributed by atoms with Crippen LogP contribution >= 0.6 is 11.3 Å². The smallest absolute Gasteiger partial charge is 0.355 e. The van der Waals surface area contributed by atoms with Crippen molar-refractivity contribution in [1.29, 1.82) is 0 Å². The summed E-state index contributed by atoms with van der Waals surface area (Å²) in [7, 11) is 0. The second-order valence-electron chi connectivity index (χ2n) is 6.21. The lowest BCUT2D eigenvalue weighted by Gasteiger charge is -2.15. The van der Waals surface area contributed by atoms with Crippen LogP contribution in [-0.2, 0) is 9.53 Å². The Morgan fingerprint density at radius 3 is 2.26 bits per heavy atom. The summed E-state index contributed by atoms with van der Waals surface area (Å²) in [5.74, 6) is -1.83. The number of hydrogen-bond acceptors (Lipinski definition) is 6. The number of aromatic carboxylic acids is 1. The van der Waals surface area contributed by atoms with Gasteiger partial charge in [0.1, 0.15) is 11.6 Å². The van der Waals surface area contributed by atoms with Gasteiger partial charge in [0, 0.05) is 11.3 Å². The van der Waals surface area contributed by atoms with Gasteiger partial charge < -0.3 is 15.6 Å². The van der Waals surface area contributed by atoms with E-state index in [4.69, 9.17) is 15.6 Å². The Morgan fingerprint density at radius 2 is 1.70 bits per heavy atom. The van der Waals surface area contributed by atoms with Gasteiger partial charge >= 0.3 is 11.9 Å². The van der Waals surface area contributed by atoms with Crippen molar-refractivity contribution in [1.82, 2.24) is 4.98 Å². The van der Waals surface area contributed by atoms with E-state index in [1.165, 1.54) is 5.38 Å². The van der Waals surface area contributed by atoms with E-state index < -0.39 is 18.0 Å². The third-order valence-electron chi connectivity index (χ3n) is 4.62. The molecule has 3 aromatic rings. The summed E-state index contributed by atoms with van der Waals surface area (Å²) in [5, 5.41) is 10.5. The molecule has 7 heteroatoms. The molecule has 6 nitrogen and oxygen atoms in total. The number of benzene rings is 2. The summed E-state index contributed by atoms with van der Waals surface area (Å²) < 4.78 is 5.48. The van der Waals surface area contributed by atoms with Gasteiger partial charge in [0.25, 0.3) is 0 Å². The molecule has 1 aliphatic carbocycles. The summed E-state index contributed by atoms with van der Waals surface area (Å²) in [5.41, 5.74) is 10.3. The molecule has 0 saturated carbocycles. The molecule has 136 valence electrons. The average Bonchev–Trinajstić information content (AvgIpc) is 3.29. The zero-order valence-corrected chi connectivity index (χ0v) is 15.0. The first-order chi connectivity index (χ1) is 13.1. The molecule has 0 bridgehead atoms. The summed E-state index contributed by atoms with van der Waals surface area (Å²) >= 11 is 1.03. The van der Waals surface area contributed by atoms with Crippen LogP contribution in [0.3, 0.4) is 0 Å². The van der Waals surface area contributed by atoms with Crippen molar-refractivity contribution in [2.75, 3.05) is 6.61 Å². The van der Waals surface area contributed by atoms with Crippen LogP contribution in [0, 0.1) is 0 Å². The molecule has 1 aliphatic rings. The largest absolute Gasteiger partial charge is 0.476 e. The van der Waals surface area contributed by atoms with E-state index >= 15 is 0 Å². The first-order valence-corrected chi connectivity index (χ1v) is 9.23. The van der Waals surface area contributed by atoms with Crippen molar-refractivity contribution in [3.05, 3.63) is 75.7 Å². The SMILES string of the molecule is NC(C(=O)OCC1c2ccccc2-c2ccccc21)c1nc(C(=O)O)cs1. The first kappa shape index (κ1) is 17.4. The number of carbonyl (C=O) groups is 2. The number of nitrogens with zero attached hydrogens (tertiary/aromatic N) is 1. The lowest BCUT2D eigenvalue weighted by molar-refractivity contribution is -0.145. The Balaban J connectivity index is 1.51. The monoisotopic (exact) mass is 380 g/mol. The van der Waals surface area contributed by atoms with Crippen molar-refractivity contribution < 1.29 is 19.4 Å². The Bertz CT molecular complexity index is 985. The van der Waals surface area contributed by atoms with E-state index in [-0.39, 0.29) is 23.2 Å². The minimum atomic E-state index is -1.16. The van der Waals surface area contributed by atoms with E-state index in [1.54, 1.807) is 0 Å². The summed E-state index contributed by atoms with van der Waals surface area (Å²) in [6, 6.07) is 15.0. The van der Waals surface area contributed by atoms with E-state index in [1.807, 2.05) is 36.4 Å². The standard InChI is InChI=1S/C20H16N2O4S/c21-17(18-22-16(10-27-18)19(23)24)20(25)26-9-15-13-7-3-1-5-11(13)12-6-2-4-8-14(12)15/h1-8,10,15,17H,9,21H2,(H,23,24). The van der Waals surface area contributed by atoms with Crippen molar-refractivity contribution >= 4 is 23.3 Å². The number of rotatable bonds is 5. The van der Waals surface area contributed by atoms with Gasteiger partial charge in [-0.3, -0.25) is 0 Å². The second kappa shape index (κ2) is 6.94. The Labute approximate surface area is 159 Å². The number of thiazole rings is 1. The van der Waals surface area contributed by atoms with Crippen molar-refractivity contribution in [3.8, 4) is 11.1 Å². The number of carbonyl (C=O) groups excluding carboxylic acids is 1. The number of ether oxygens (including phenoxy) is 1. The van der Waals surface area contributed by atoms with Crippen molar-refractivity contribution in [3.63, 3.8) is 0 Å². The minimum absolute atomic E-state index is 0.0561. The highest BCUT2D eigenvalue weighted by Crippen LogP contribution is 2.44. The normalized spacial score (nSPS) is 13.7. The summed E-state index contributed by atoms with van der Waals surface area (Å²) in [4.78, 5) is 27.2. The zero-order chi connectivity index (χ0) is 19.0. The molecule has 1 heterocycles. The molecule has 1 aromatic heterocycles. The topological polar surface area (TPSA) is 103 Å². The number of carboxylic acid groups (broad SMARTS) is 1. The molecule has 2 aromatic carbocycles. The lowest BCUT2D eigenvalue weighted by Crippen LogP contribution is -2.25.